The molecule has 2 unspecified atom stereocenters. The van der Waals surface area contributed by atoms with Gasteiger partial charge in [0.1, 0.15) is 18.1 Å². The number of ether oxygens (including phenoxy) is 1. The monoisotopic (exact) mass is 615 g/mol. The highest BCUT2D eigenvalue weighted by Crippen LogP contribution is 2.23. The molecule has 0 fully saturated rings. The number of hydrogen-bond donors (Lipinski definition) is 4. The molecule has 0 aliphatic heterocycles. The number of nitrogens with zero attached hydrogens (tertiary/aromatic N) is 1. The van der Waals surface area contributed by atoms with Crippen LogP contribution in [0, 0.1) is 5.92 Å². The summed E-state index contributed by atoms with van der Waals surface area (Å²) in [4.78, 5) is 70.1. The molecule has 3 atom stereocenters. The van der Waals surface area contributed by atoms with Gasteiger partial charge < -0.3 is 27.3 Å². The van der Waals surface area contributed by atoms with Crippen molar-refractivity contribution in [3.8, 4) is 0 Å². The Hall–Kier alpha value is -4.58. The van der Waals surface area contributed by atoms with Gasteiger partial charge in [-0.1, -0.05) is 74.5 Å². The van der Waals surface area contributed by atoms with Crippen LogP contribution in [-0.4, -0.2) is 52.3 Å². The lowest BCUT2D eigenvalue weighted by atomic mass is 9.92. The molecule has 3 aromatic rings. The van der Waals surface area contributed by atoms with Crippen LogP contribution in [0.1, 0.15) is 81.5 Å². The minimum Gasteiger partial charge on any atom is -0.457 e. The summed E-state index contributed by atoms with van der Waals surface area (Å²) in [7, 11) is 0. The van der Waals surface area contributed by atoms with Crippen molar-refractivity contribution < 1.29 is 28.7 Å². The van der Waals surface area contributed by atoms with E-state index in [9.17, 15) is 24.0 Å². The molecule has 2 aromatic carbocycles. The largest absolute Gasteiger partial charge is 0.457 e. The number of Topliss-reactive ketones (excluding diaryl/α,β-unsaturated/α-hetero) is 3. The van der Waals surface area contributed by atoms with E-state index in [2.05, 4.69) is 10.3 Å². The van der Waals surface area contributed by atoms with Gasteiger partial charge in [0.05, 0.1) is 23.7 Å². The molecule has 0 bridgehead atoms. The van der Waals surface area contributed by atoms with Crippen LogP contribution in [0.3, 0.4) is 0 Å². The molecular formula is C34H41N5O6. The van der Waals surface area contributed by atoms with Crippen LogP contribution < -0.4 is 22.5 Å². The van der Waals surface area contributed by atoms with Gasteiger partial charge in [0, 0.05) is 36.7 Å². The molecule has 45 heavy (non-hydrogen) atoms. The molecule has 0 saturated heterocycles. The van der Waals surface area contributed by atoms with Gasteiger partial charge in [-0.2, -0.15) is 0 Å². The normalized spacial score (nSPS) is 13.0. The first-order valence-electron chi connectivity index (χ1n) is 14.8. The second-order valence-corrected chi connectivity index (χ2v) is 11.3. The fourth-order valence-electron chi connectivity index (χ4n) is 4.53. The van der Waals surface area contributed by atoms with Gasteiger partial charge in [-0.05, 0) is 30.4 Å². The number of rotatable bonds is 16. The van der Waals surface area contributed by atoms with Crippen molar-refractivity contribution in [3.05, 3.63) is 100 Å². The third-order valence-electron chi connectivity index (χ3n) is 7.32. The predicted octanol–water partition coefficient (Wildman–Crippen LogP) is 2.67. The Morgan fingerprint density at radius 2 is 1.44 bits per heavy atom. The number of benzene rings is 2. The van der Waals surface area contributed by atoms with E-state index in [1.807, 2.05) is 36.4 Å². The second-order valence-electron chi connectivity index (χ2n) is 11.3. The molecule has 7 N–H and O–H groups in total. The van der Waals surface area contributed by atoms with Gasteiger partial charge in [-0.15, -0.1) is 0 Å². The van der Waals surface area contributed by atoms with Crippen LogP contribution in [0.15, 0.2) is 66.9 Å². The van der Waals surface area contributed by atoms with Crippen molar-refractivity contribution in [2.45, 2.75) is 71.3 Å². The van der Waals surface area contributed by atoms with E-state index < -0.39 is 41.6 Å². The Balaban J connectivity index is 1.96. The van der Waals surface area contributed by atoms with Gasteiger partial charge in [0.2, 0.25) is 5.91 Å². The van der Waals surface area contributed by atoms with E-state index in [0.717, 1.165) is 11.8 Å². The molecule has 11 heteroatoms. The fourth-order valence-corrected chi connectivity index (χ4v) is 4.53. The summed E-state index contributed by atoms with van der Waals surface area (Å²) < 4.78 is 5.55. The minimum absolute atomic E-state index is 0.0161. The van der Waals surface area contributed by atoms with Crippen molar-refractivity contribution >= 4 is 29.2 Å². The van der Waals surface area contributed by atoms with E-state index in [0.29, 0.717) is 12.0 Å². The third kappa shape index (κ3) is 9.70. The van der Waals surface area contributed by atoms with Gasteiger partial charge in [-0.3, -0.25) is 24.2 Å². The third-order valence-corrected chi connectivity index (χ3v) is 7.32. The number of amides is 1. The summed E-state index contributed by atoms with van der Waals surface area (Å²) in [5.74, 6) is -3.15. The first kappa shape index (κ1) is 34.9. The molecule has 0 aliphatic carbocycles. The Labute approximate surface area is 262 Å². The number of ketones is 3. The Morgan fingerprint density at radius 1 is 0.844 bits per heavy atom. The number of carbonyl (C=O) groups is 5. The lowest BCUT2D eigenvalue weighted by Gasteiger charge is -2.20. The molecule has 11 nitrogen and oxygen atoms in total. The van der Waals surface area contributed by atoms with E-state index in [4.69, 9.17) is 21.9 Å². The Morgan fingerprint density at radius 3 is 2.02 bits per heavy atom. The van der Waals surface area contributed by atoms with Crippen LogP contribution >= 0.6 is 0 Å². The summed E-state index contributed by atoms with van der Waals surface area (Å²) in [6.45, 7) is 4.53. The number of aromatic nitrogens is 1. The van der Waals surface area contributed by atoms with Gasteiger partial charge in [0.15, 0.2) is 11.6 Å². The maximum Gasteiger partial charge on any atom is 0.341 e. The van der Waals surface area contributed by atoms with E-state index in [1.165, 1.54) is 6.92 Å². The summed E-state index contributed by atoms with van der Waals surface area (Å²) in [5, 5.41) is 2.67. The number of hydrogen-bond acceptors (Lipinski definition) is 10. The molecule has 1 aromatic heterocycles. The average molecular weight is 616 g/mol. The lowest BCUT2D eigenvalue weighted by molar-refractivity contribution is -0.123. The van der Waals surface area contributed by atoms with E-state index in [-0.39, 0.29) is 60.1 Å². The highest BCUT2D eigenvalue weighted by molar-refractivity contribution is 6.10. The molecule has 0 aliphatic rings. The zero-order chi connectivity index (χ0) is 33.1. The number of nitrogens with one attached hydrogen (secondary N) is 1. The number of nitrogens with two attached hydrogens (primary N) is 3. The van der Waals surface area contributed by atoms with Gasteiger partial charge in [0.25, 0.3) is 0 Å². The smallest absolute Gasteiger partial charge is 0.341 e. The predicted molar refractivity (Wildman–Crippen MR) is 169 cm³/mol. The lowest BCUT2D eigenvalue weighted by Crippen LogP contribution is -2.44. The molecule has 1 heterocycles. The Bertz CT molecular complexity index is 1510. The van der Waals surface area contributed by atoms with Gasteiger partial charge >= 0.3 is 5.97 Å². The van der Waals surface area contributed by atoms with Crippen molar-refractivity contribution in [1.82, 2.24) is 10.3 Å². The van der Waals surface area contributed by atoms with Crippen LogP contribution in [0.5, 0.6) is 0 Å². The van der Waals surface area contributed by atoms with Crippen molar-refractivity contribution in [1.29, 1.82) is 0 Å². The molecule has 238 valence electrons. The molecule has 0 radical (unpaired) electrons. The number of esters is 1. The molecule has 1 amide bonds. The standard InChI is InChI=1S/C34H41N5O6/c1-20(2)30(37)33(43)39-18-25-24(27(40)14-15-28(41)26(36)16-22-10-6-4-7-11-22)17-38-31(32(42)21(3)35)29(25)34(44)45-19-23-12-8-5-9-13-23/h4-13,17,20-21,26,30H,14-16,18-19,35-37H2,1-3H3,(H,39,43)/t21?,26-,30?/m0/s1. The van der Waals surface area contributed by atoms with Crippen LogP contribution in [0.4, 0.5) is 0 Å². The first-order chi connectivity index (χ1) is 21.4. The molecular weight excluding hydrogens is 574 g/mol. The first-order valence-corrected chi connectivity index (χ1v) is 14.8. The fraction of sp³-hybridized carbons (Fsp3) is 0.353. The van der Waals surface area contributed by atoms with Crippen LogP contribution in [0.25, 0.3) is 0 Å². The molecule has 0 spiro atoms. The van der Waals surface area contributed by atoms with Crippen molar-refractivity contribution in [2.24, 2.45) is 23.1 Å². The van der Waals surface area contributed by atoms with E-state index >= 15 is 0 Å². The quantitative estimate of drug-likeness (QED) is 0.137. The highest BCUT2D eigenvalue weighted by Gasteiger charge is 2.30. The maximum atomic E-state index is 13.6. The topological polar surface area (TPSA) is 198 Å². The van der Waals surface area contributed by atoms with Crippen molar-refractivity contribution in [2.75, 3.05) is 0 Å². The molecule has 3 rings (SSSR count). The summed E-state index contributed by atoms with van der Waals surface area (Å²) in [6, 6.07) is 15.4. The second kappa shape index (κ2) is 16.5. The zero-order valence-corrected chi connectivity index (χ0v) is 25.8. The zero-order valence-electron chi connectivity index (χ0n) is 25.8. The van der Waals surface area contributed by atoms with Gasteiger partial charge in [-0.25, -0.2) is 4.79 Å². The Kier molecular flexibility index (Phi) is 12.8. The summed E-state index contributed by atoms with van der Waals surface area (Å²) in [5.41, 5.74) is 19.0. The maximum absolute atomic E-state index is 13.6. The van der Waals surface area contributed by atoms with Crippen molar-refractivity contribution in [3.63, 3.8) is 0 Å². The van der Waals surface area contributed by atoms with Crippen LogP contribution in [-0.2, 0) is 33.9 Å². The van der Waals surface area contributed by atoms with E-state index in [1.54, 1.807) is 38.1 Å². The minimum atomic E-state index is -1.03. The highest BCUT2D eigenvalue weighted by atomic mass is 16.5. The summed E-state index contributed by atoms with van der Waals surface area (Å²) >= 11 is 0. The van der Waals surface area contributed by atoms with Crippen LogP contribution in [0.2, 0.25) is 0 Å². The summed E-state index contributed by atoms with van der Waals surface area (Å²) in [6.07, 6.45) is 1.07. The number of carbonyl (C=O) groups excluding carboxylic acids is 5. The SMILES string of the molecule is CC(N)C(=O)c1ncc(C(=O)CCC(=O)[C@@H](N)Cc2ccccc2)c(CNC(=O)C(N)C(C)C)c1C(=O)OCc1ccccc1. The average Bonchev–Trinajstić information content (AvgIpc) is 3.04. The molecule has 0 saturated carbocycles. The number of pyridine rings is 1.